The number of carbonyl (C=O) groups excluding carboxylic acids is 1. The number of thiophene rings is 1. The first kappa shape index (κ1) is 8.46. The van der Waals surface area contributed by atoms with E-state index in [1.54, 1.807) is 0 Å². The van der Waals surface area contributed by atoms with Gasteiger partial charge in [-0.3, -0.25) is 4.79 Å². The molecule has 1 amide bonds. The van der Waals surface area contributed by atoms with Gasteiger partial charge in [0.25, 0.3) is 5.91 Å². The van der Waals surface area contributed by atoms with Crippen molar-refractivity contribution in [1.82, 2.24) is 4.72 Å². The summed E-state index contributed by atoms with van der Waals surface area (Å²) in [6, 6.07) is 1.87. The van der Waals surface area contributed by atoms with Crippen molar-refractivity contribution in [2.24, 2.45) is 5.73 Å². The first-order valence-electron chi connectivity index (χ1n) is 3.44. The largest absolute Gasteiger partial charge is 0.504 e. The second kappa shape index (κ2) is 2.97. The minimum Gasteiger partial charge on any atom is -0.504 e. The van der Waals surface area contributed by atoms with Crippen LogP contribution in [0.5, 0.6) is 0 Å². The molecule has 1 aromatic rings. The second-order valence-electron chi connectivity index (χ2n) is 2.41. The van der Waals surface area contributed by atoms with Gasteiger partial charge in [0.05, 0.1) is 9.77 Å². The summed E-state index contributed by atoms with van der Waals surface area (Å²) >= 11 is 2.66. The van der Waals surface area contributed by atoms with Gasteiger partial charge in [-0.1, -0.05) is 0 Å². The molecular formula is C7H6N2O2S2. The fraction of sp³-hybridized carbons (Fsp3) is 0. The van der Waals surface area contributed by atoms with E-state index >= 15 is 0 Å². The molecule has 6 heteroatoms. The number of nitrogens with two attached hydrogens (primary N) is 1. The molecule has 1 aliphatic rings. The summed E-state index contributed by atoms with van der Waals surface area (Å²) in [4.78, 5) is 12.4. The average molecular weight is 214 g/mol. The van der Waals surface area contributed by atoms with E-state index in [1.165, 1.54) is 23.3 Å². The Kier molecular flexibility index (Phi) is 1.93. The van der Waals surface area contributed by atoms with E-state index in [2.05, 4.69) is 4.72 Å². The zero-order valence-electron chi connectivity index (χ0n) is 6.40. The summed E-state index contributed by atoms with van der Waals surface area (Å²) < 4.78 is 2.69. The molecule has 68 valence electrons. The maximum Gasteiger partial charge on any atom is 0.269 e. The van der Waals surface area contributed by atoms with Crippen LogP contribution in [0, 0.1) is 0 Å². The Bertz CT molecular complexity index is 397. The van der Waals surface area contributed by atoms with E-state index in [9.17, 15) is 9.90 Å². The van der Waals surface area contributed by atoms with Crippen molar-refractivity contribution in [3.05, 3.63) is 22.0 Å². The molecular weight excluding hydrogens is 208 g/mol. The van der Waals surface area contributed by atoms with E-state index in [0.717, 1.165) is 4.90 Å². The van der Waals surface area contributed by atoms with Crippen LogP contribution < -0.4 is 10.5 Å². The Hall–Kier alpha value is -1.14. The summed E-state index contributed by atoms with van der Waals surface area (Å²) in [5.74, 6) is -0.708. The van der Waals surface area contributed by atoms with Crippen molar-refractivity contribution in [1.29, 1.82) is 0 Å². The molecule has 2 heterocycles. The molecule has 0 aliphatic carbocycles. The normalized spacial score (nSPS) is 15.1. The average Bonchev–Trinajstić information content (AvgIpc) is 2.52. The standard InChI is InChI=1S/C7H6N2O2S2/c8-7(11)4-5(10)6-3(13-9-4)1-2-12-6/h1-2,9-10H,(H2,8,11). The molecule has 0 saturated heterocycles. The Labute approximate surface area is 82.6 Å². The van der Waals surface area contributed by atoms with Crippen molar-refractivity contribution in [3.63, 3.8) is 0 Å². The minimum atomic E-state index is -0.649. The van der Waals surface area contributed by atoms with Crippen LogP contribution in [0.25, 0.3) is 5.76 Å². The molecule has 13 heavy (non-hydrogen) atoms. The quantitative estimate of drug-likeness (QED) is 0.611. The summed E-state index contributed by atoms with van der Waals surface area (Å²) in [5, 5.41) is 11.4. The summed E-state index contributed by atoms with van der Waals surface area (Å²) in [7, 11) is 0. The maximum atomic E-state index is 10.8. The van der Waals surface area contributed by atoms with Gasteiger partial charge in [0.15, 0.2) is 11.5 Å². The van der Waals surface area contributed by atoms with Crippen molar-refractivity contribution < 1.29 is 9.90 Å². The van der Waals surface area contributed by atoms with Gasteiger partial charge in [0.1, 0.15) is 0 Å². The summed E-state index contributed by atoms with van der Waals surface area (Å²) in [5.41, 5.74) is 5.12. The van der Waals surface area contributed by atoms with Gasteiger partial charge in [0, 0.05) is 0 Å². The van der Waals surface area contributed by atoms with Crippen LogP contribution in [-0.2, 0) is 4.79 Å². The fourth-order valence-electron chi connectivity index (χ4n) is 0.985. The molecule has 0 unspecified atom stereocenters. The number of aliphatic hydroxyl groups excluding tert-OH is 1. The lowest BCUT2D eigenvalue weighted by atomic mass is 10.3. The van der Waals surface area contributed by atoms with Gasteiger partial charge < -0.3 is 15.6 Å². The number of rotatable bonds is 1. The van der Waals surface area contributed by atoms with Crippen LogP contribution in [0.15, 0.2) is 22.0 Å². The molecule has 2 rings (SSSR count). The van der Waals surface area contributed by atoms with Gasteiger partial charge in [-0.25, -0.2) is 0 Å². The van der Waals surface area contributed by atoms with Crippen LogP contribution in [0.4, 0.5) is 0 Å². The number of hydrogen-bond acceptors (Lipinski definition) is 5. The summed E-state index contributed by atoms with van der Waals surface area (Å²) in [6.45, 7) is 0. The van der Waals surface area contributed by atoms with Crippen LogP contribution in [0.2, 0.25) is 0 Å². The Morgan fingerprint density at radius 3 is 3.08 bits per heavy atom. The van der Waals surface area contributed by atoms with E-state index in [4.69, 9.17) is 5.73 Å². The van der Waals surface area contributed by atoms with Gasteiger partial charge in [-0.15, -0.1) is 11.3 Å². The van der Waals surface area contributed by atoms with Crippen molar-refractivity contribution in [2.75, 3.05) is 0 Å². The molecule has 0 bridgehead atoms. The van der Waals surface area contributed by atoms with Gasteiger partial charge in [0.2, 0.25) is 0 Å². The molecule has 0 aromatic carbocycles. The Morgan fingerprint density at radius 2 is 2.38 bits per heavy atom. The van der Waals surface area contributed by atoms with Crippen LogP contribution >= 0.6 is 23.3 Å². The van der Waals surface area contributed by atoms with Crippen molar-refractivity contribution in [3.8, 4) is 0 Å². The lowest BCUT2D eigenvalue weighted by molar-refractivity contribution is -0.114. The first-order valence-corrected chi connectivity index (χ1v) is 5.13. The number of amides is 1. The van der Waals surface area contributed by atoms with Gasteiger partial charge in [-0.2, -0.15) is 0 Å². The maximum absolute atomic E-state index is 10.8. The van der Waals surface area contributed by atoms with Crippen LogP contribution in [-0.4, -0.2) is 11.0 Å². The molecule has 1 aromatic heterocycles. The molecule has 0 saturated carbocycles. The zero-order valence-corrected chi connectivity index (χ0v) is 8.04. The highest BCUT2D eigenvalue weighted by Crippen LogP contribution is 2.36. The van der Waals surface area contributed by atoms with Crippen LogP contribution in [0.3, 0.4) is 0 Å². The smallest absolute Gasteiger partial charge is 0.269 e. The van der Waals surface area contributed by atoms with Crippen molar-refractivity contribution in [2.45, 2.75) is 4.90 Å². The third-order valence-corrected chi connectivity index (χ3v) is 3.51. The third-order valence-electron chi connectivity index (χ3n) is 1.59. The molecule has 4 N–H and O–H groups in total. The molecule has 0 atom stereocenters. The monoisotopic (exact) mass is 214 g/mol. The number of aliphatic hydroxyl groups is 1. The van der Waals surface area contributed by atoms with Crippen LogP contribution in [0.1, 0.15) is 4.88 Å². The van der Waals surface area contributed by atoms with Gasteiger partial charge in [-0.05, 0) is 23.4 Å². The molecule has 1 aliphatic heterocycles. The number of fused-ring (bicyclic) bond motifs is 1. The number of hydrogen-bond donors (Lipinski definition) is 3. The Morgan fingerprint density at radius 1 is 1.62 bits per heavy atom. The number of primary amides is 1. The van der Waals surface area contributed by atoms with Gasteiger partial charge >= 0.3 is 0 Å². The highest BCUT2D eigenvalue weighted by molar-refractivity contribution is 7.97. The molecule has 0 fully saturated rings. The topological polar surface area (TPSA) is 75.4 Å². The lowest BCUT2D eigenvalue weighted by Gasteiger charge is -2.14. The molecule has 0 radical (unpaired) electrons. The second-order valence-corrected chi connectivity index (χ2v) is 4.17. The zero-order chi connectivity index (χ0) is 9.42. The highest BCUT2D eigenvalue weighted by atomic mass is 32.2. The summed E-state index contributed by atoms with van der Waals surface area (Å²) in [6.07, 6.45) is 0. The fourth-order valence-corrected chi connectivity index (χ4v) is 2.81. The minimum absolute atomic E-state index is 0.0590. The first-order chi connectivity index (χ1) is 6.20. The number of carbonyl (C=O) groups is 1. The predicted molar refractivity (Wildman–Crippen MR) is 52.1 cm³/mol. The van der Waals surface area contributed by atoms with E-state index < -0.39 is 5.91 Å². The highest BCUT2D eigenvalue weighted by Gasteiger charge is 2.23. The van der Waals surface area contributed by atoms with Crippen molar-refractivity contribution >= 4 is 35.0 Å². The van der Waals surface area contributed by atoms with E-state index in [0.29, 0.717) is 4.88 Å². The molecule has 0 spiro atoms. The third kappa shape index (κ3) is 1.27. The SMILES string of the molecule is NC(=O)C1=C(O)c2sccc2SN1. The number of nitrogens with one attached hydrogen (secondary N) is 1. The predicted octanol–water partition coefficient (Wildman–Crippen LogP) is 1.07. The molecule has 4 nitrogen and oxygen atoms in total. The Balaban J connectivity index is 2.54. The lowest BCUT2D eigenvalue weighted by Crippen LogP contribution is -2.25. The van der Waals surface area contributed by atoms with E-state index in [1.807, 2.05) is 11.4 Å². The van der Waals surface area contributed by atoms with E-state index in [-0.39, 0.29) is 11.5 Å².